The summed E-state index contributed by atoms with van der Waals surface area (Å²) in [6.45, 7) is 1.97. The van der Waals surface area contributed by atoms with Gasteiger partial charge in [-0.25, -0.2) is 0 Å². The van der Waals surface area contributed by atoms with Crippen LogP contribution in [-0.4, -0.2) is 28.4 Å². The van der Waals surface area contributed by atoms with E-state index in [0.717, 1.165) is 37.9 Å². The molecular weight excluding hydrogens is 228 g/mol. The first-order valence-electron chi connectivity index (χ1n) is 6.99. The van der Waals surface area contributed by atoms with Crippen molar-refractivity contribution in [3.8, 4) is 0 Å². The summed E-state index contributed by atoms with van der Waals surface area (Å²) in [5.41, 5.74) is 1.12. The second kappa shape index (κ2) is 5.22. The lowest BCUT2D eigenvalue weighted by molar-refractivity contribution is -0.126. The smallest absolute Gasteiger partial charge is 0.137 e. The molecule has 0 N–H and O–H groups in total. The number of carbonyl (C=O) groups excluding carboxylic acids is 1. The Morgan fingerprint density at radius 3 is 3.06 bits per heavy atom. The van der Waals surface area contributed by atoms with Crippen molar-refractivity contribution in [2.75, 3.05) is 6.54 Å². The van der Waals surface area contributed by atoms with Crippen LogP contribution in [0.5, 0.6) is 0 Å². The minimum absolute atomic E-state index is 0.279. The standard InChI is InChI=1S/C14H20N2O2/c17-14-6-2-1-4-12(14)13-5-3-7-16(13)9-11-8-15-18-10-11/h8,10,12-13H,1-7,9H2. The van der Waals surface area contributed by atoms with Crippen LogP contribution in [0, 0.1) is 5.92 Å². The topological polar surface area (TPSA) is 46.3 Å². The predicted octanol–water partition coefficient (Wildman–Crippen LogP) is 2.40. The van der Waals surface area contributed by atoms with Crippen LogP contribution in [0.3, 0.4) is 0 Å². The molecule has 1 saturated heterocycles. The Morgan fingerprint density at radius 1 is 1.33 bits per heavy atom. The fraction of sp³-hybridized carbons (Fsp3) is 0.714. The van der Waals surface area contributed by atoms with Gasteiger partial charge in [0, 0.05) is 30.5 Å². The molecule has 0 aromatic carbocycles. The zero-order valence-corrected chi connectivity index (χ0v) is 10.7. The second-order valence-electron chi connectivity index (χ2n) is 5.53. The maximum Gasteiger partial charge on any atom is 0.137 e. The van der Waals surface area contributed by atoms with Gasteiger partial charge in [0.15, 0.2) is 0 Å². The van der Waals surface area contributed by atoms with Crippen LogP contribution in [0.1, 0.15) is 44.1 Å². The zero-order valence-electron chi connectivity index (χ0n) is 10.7. The highest BCUT2D eigenvalue weighted by Crippen LogP contribution is 2.33. The number of nitrogens with zero attached hydrogens (tertiary/aromatic N) is 2. The van der Waals surface area contributed by atoms with Crippen LogP contribution in [0.15, 0.2) is 17.0 Å². The Kier molecular flexibility index (Phi) is 3.46. The molecule has 2 unspecified atom stereocenters. The minimum Gasteiger partial charge on any atom is -0.364 e. The molecule has 1 aromatic heterocycles. The van der Waals surface area contributed by atoms with Crippen LogP contribution in [0.25, 0.3) is 0 Å². The van der Waals surface area contributed by atoms with Gasteiger partial charge in [0.05, 0.1) is 6.20 Å². The third-order valence-corrected chi connectivity index (χ3v) is 4.35. The number of rotatable bonds is 3. The Labute approximate surface area is 107 Å². The van der Waals surface area contributed by atoms with Gasteiger partial charge in [0.25, 0.3) is 0 Å². The van der Waals surface area contributed by atoms with Gasteiger partial charge in [-0.3, -0.25) is 9.69 Å². The summed E-state index contributed by atoms with van der Waals surface area (Å²) < 4.78 is 4.88. The van der Waals surface area contributed by atoms with Gasteiger partial charge in [-0.1, -0.05) is 11.6 Å². The van der Waals surface area contributed by atoms with E-state index in [4.69, 9.17) is 4.52 Å². The number of ketones is 1. The number of aromatic nitrogens is 1. The quantitative estimate of drug-likeness (QED) is 0.824. The molecule has 98 valence electrons. The monoisotopic (exact) mass is 248 g/mol. The molecule has 3 rings (SSSR count). The van der Waals surface area contributed by atoms with Crippen molar-refractivity contribution in [1.29, 1.82) is 0 Å². The molecule has 2 heterocycles. The zero-order chi connectivity index (χ0) is 12.4. The largest absolute Gasteiger partial charge is 0.364 e. The average molecular weight is 248 g/mol. The number of likely N-dealkylation sites (tertiary alicyclic amines) is 1. The molecule has 1 aromatic rings. The highest BCUT2D eigenvalue weighted by Gasteiger charge is 2.36. The van der Waals surface area contributed by atoms with E-state index in [1.165, 1.54) is 19.3 Å². The van der Waals surface area contributed by atoms with Gasteiger partial charge in [0.1, 0.15) is 12.0 Å². The lowest BCUT2D eigenvalue weighted by Crippen LogP contribution is -2.40. The third kappa shape index (κ3) is 2.34. The van der Waals surface area contributed by atoms with Crippen molar-refractivity contribution in [2.24, 2.45) is 5.92 Å². The van der Waals surface area contributed by atoms with E-state index in [1.54, 1.807) is 12.5 Å². The Bertz CT molecular complexity index is 402. The van der Waals surface area contributed by atoms with Crippen molar-refractivity contribution >= 4 is 5.78 Å². The van der Waals surface area contributed by atoms with Gasteiger partial charge in [-0.15, -0.1) is 0 Å². The van der Waals surface area contributed by atoms with Gasteiger partial charge >= 0.3 is 0 Å². The van der Waals surface area contributed by atoms with E-state index in [9.17, 15) is 4.79 Å². The fourth-order valence-corrected chi connectivity index (χ4v) is 3.46. The SMILES string of the molecule is O=C1CCCCC1C1CCCN1Cc1cnoc1. The van der Waals surface area contributed by atoms with Crippen LogP contribution in [0.4, 0.5) is 0 Å². The van der Waals surface area contributed by atoms with Gasteiger partial charge < -0.3 is 4.52 Å². The van der Waals surface area contributed by atoms with Crippen molar-refractivity contribution < 1.29 is 9.32 Å². The minimum atomic E-state index is 0.279. The number of hydrogen-bond donors (Lipinski definition) is 0. The van der Waals surface area contributed by atoms with Crippen LogP contribution in [-0.2, 0) is 11.3 Å². The van der Waals surface area contributed by atoms with Gasteiger partial charge in [0.2, 0.25) is 0 Å². The molecule has 1 saturated carbocycles. The summed E-state index contributed by atoms with van der Waals surface area (Å²) in [5, 5.41) is 3.75. The summed E-state index contributed by atoms with van der Waals surface area (Å²) in [6, 6.07) is 0.452. The number of hydrogen-bond acceptors (Lipinski definition) is 4. The Morgan fingerprint density at radius 2 is 2.28 bits per heavy atom. The van der Waals surface area contributed by atoms with Crippen molar-refractivity contribution in [3.63, 3.8) is 0 Å². The van der Waals surface area contributed by atoms with E-state index >= 15 is 0 Å². The van der Waals surface area contributed by atoms with Gasteiger partial charge in [-0.2, -0.15) is 0 Å². The second-order valence-corrected chi connectivity index (χ2v) is 5.53. The molecule has 4 heteroatoms. The van der Waals surface area contributed by atoms with E-state index in [0.29, 0.717) is 11.8 Å². The maximum absolute atomic E-state index is 12.1. The molecule has 4 nitrogen and oxygen atoms in total. The van der Waals surface area contributed by atoms with E-state index in [-0.39, 0.29) is 5.92 Å². The lowest BCUT2D eigenvalue weighted by Gasteiger charge is -2.32. The first-order valence-corrected chi connectivity index (χ1v) is 6.99. The molecule has 0 spiro atoms. The van der Waals surface area contributed by atoms with E-state index in [2.05, 4.69) is 10.1 Å². The lowest BCUT2D eigenvalue weighted by atomic mass is 9.82. The van der Waals surface area contributed by atoms with E-state index < -0.39 is 0 Å². The fourth-order valence-electron chi connectivity index (χ4n) is 3.46. The van der Waals surface area contributed by atoms with Gasteiger partial charge in [-0.05, 0) is 32.2 Å². The first-order chi connectivity index (χ1) is 8.84. The average Bonchev–Trinajstić information content (AvgIpc) is 3.02. The highest BCUT2D eigenvalue weighted by molar-refractivity contribution is 5.82. The Hall–Kier alpha value is -1.16. The summed E-state index contributed by atoms with van der Waals surface area (Å²) in [4.78, 5) is 14.5. The molecule has 2 fully saturated rings. The summed E-state index contributed by atoms with van der Waals surface area (Å²) in [5.74, 6) is 0.768. The molecule has 2 atom stereocenters. The Balaban J connectivity index is 1.68. The van der Waals surface area contributed by atoms with Crippen LogP contribution in [0.2, 0.25) is 0 Å². The molecule has 1 aliphatic heterocycles. The first kappa shape index (κ1) is 11.9. The molecule has 0 radical (unpaired) electrons. The summed E-state index contributed by atoms with van der Waals surface area (Å²) >= 11 is 0. The predicted molar refractivity (Wildman–Crippen MR) is 66.9 cm³/mol. The van der Waals surface area contributed by atoms with Crippen LogP contribution < -0.4 is 0 Å². The summed E-state index contributed by atoms with van der Waals surface area (Å²) in [6.07, 6.45) is 10.0. The van der Waals surface area contributed by atoms with Crippen molar-refractivity contribution in [3.05, 3.63) is 18.0 Å². The molecule has 0 amide bonds. The van der Waals surface area contributed by atoms with Crippen molar-refractivity contribution in [2.45, 2.75) is 51.1 Å². The molecule has 1 aliphatic carbocycles. The van der Waals surface area contributed by atoms with Crippen LogP contribution >= 0.6 is 0 Å². The maximum atomic E-state index is 12.1. The molecular formula is C14H20N2O2. The number of carbonyl (C=O) groups is 1. The molecule has 18 heavy (non-hydrogen) atoms. The third-order valence-electron chi connectivity index (χ3n) is 4.35. The highest BCUT2D eigenvalue weighted by atomic mass is 16.5. The molecule has 0 bridgehead atoms. The number of Topliss-reactive ketones (excluding diaryl/α,β-unsaturated/α-hetero) is 1. The van der Waals surface area contributed by atoms with Crippen molar-refractivity contribution in [1.82, 2.24) is 10.1 Å². The molecule has 2 aliphatic rings. The van der Waals surface area contributed by atoms with E-state index in [1.807, 2.05) is 0 Å². The normalized spacial score (nSPS) is 29.9. The summed E-state index contributed by atoms with van der Waals surface area (Å²) in [7, 11) is 0.